The molecule has 0 aliphatic carbocycles. The van der Waals surface area contributed by atoms with Gasteiger partial charge in [-0.25, -0.2) is 0 Å². The summed E-state index contributed by atoms with van der Waals surface area (Å²) in [6.07, 6.45) is 1.13. The van der Waals surface area contributed by atoms with Gasteiger partial charge in [0.05, 0.1) is 11.4 Å². The van der Waals surface area contributed by atoms with E-state index in [-0.39, 0.29) is 0 Å². The van der Waals surface area contributed by atoms with Gasteiger partial charge in [0.15, 0.2) is 0 Å². The number of hydrogen-bond acceptors (Lipinski definition) is 4. The van der Waals surface area contributed by atoms with Crippen molar-refractivity contribution in [2.24, 2.45) is 0 Å². The lowest BCUT2D eigenvalue weighted by Gasteiger charge is -2.21. The summed E-state index contributed by atoms with van der Waals surface area (Å²) in [6, 6.07) is 5.78. The molecule has 16 heavy (non-hydrogen) atoms. The Morgan fingerprint density at radius 3 is 2.25 bits per heavy atom. The Balaban J connectivity index is 2.52. The van der Waals surface area contributed by atoms with Gasteiger partial charge in [-0.1, -0.05) is 0 Å². The van der Waals surface area contributed by atoms with E-state index in [2.05, 4.69) is 30.9 Å². The summed E-state index contributed by atoms with van der Waals surface area (Å²) in [7, 11) is 6.24. The van der Waals surface area contributed by atoms with E-state index in [9.17, 15) is 0 Å². The van der Waals surface area contributed by atoms with E-state index in [1.54, 1.807) is 0 Å². The number of nitrogens with two attached hydrogens (primary N) is 2. The average molecular weight is 222 g/mol. The third kappa shape index (κ3) is 3.62. The summed E-state index contributed by atoms with van der Waals surface area (Å²) >= 11 is 0. The monoisotopic (exact) mass is 222 g/mol. The number of nitrogen functional groups attached to an aromatic ring is 2. The summed E-state index contributed by atoms with van der Waals surface area (Å²) in [4.78, 5) is 4.38. The molecule has 0 bridgehead atoms. The first-order valence-corrected chi connectivity index (χ1v) is 5.51. The second kappa shape index (κ2) is 5.61. The van der Waals surface area contributed by atoms with Gasteiger partial charge in [-0.05, 0) is 45.3 Å². The average Bonchev–Trinajstić information content (AvgIpc) is 2.21. The Labute approximate surface area is 97.8 Å². The zero-order valence-electron chi connectivity index (χ0n) is 10.4. The Hall–Kier alpha value is -1.42. The highest BCUT2D eigenvalue weighted by molar-refractivity contribution is 5.69. The van der Waals surface area contributed by atoms with E-state index in [1.165, 1.54) is 0 Å². The van der Waals surface area contributed by atoms with Gasteiger partial charge in [0, 0.05) is 19.3 Å². The first-order valence-electron chi connectivity index (χ1n) is 5.51. The second-order valence-electron chi connectivity index (χ2n) is 4.39. The van der Waals surface area contributed by atoms with E-state index in [0.717, 1.165) is 25.2 Å². The molecular formula is C12H22N4. The number of anilines is 3. The van der Waals surface area contributed by atoms with Crippen LogP contribution in [0.1, 0.15) is 6.42 Å². The fourth-order valence-corrected chi connectivity index (χ4v) is 1.55. The van der Waals surface area contributed by atoms with Crippen LogP contribution in [0.2, 0.25) is 0 Å². The largest absolute Gasteiger partial charge is 0.397 e. The molecule has 0 fully saturated rings. The predicted octanol–water partition coefficient (Wildman–Crippen LogP) is 1.24. The zero-order chi connectivity index (χ0) is 12.1. The minimum Gasteiger partial charge on any atom is -0.397 e. The molecule has 0 aliphatic rings. The molecular weight excluding hydrogens is 200 g/mol. The van der Waals surface area contributed by atoms with Crippen LogP contribution >= 0.6 is 0 Å². The Morgan fingerprint density at radius 2 is 1.69 bits per heavy atom. The van der Waals surface area contributed by atoms with Crippen LogP contribution in [-0.4, -0.2) is 39.1 Å². The van der Waals surface area contributed by atoms with Crippen LogP contribution in [0.4, 0.5) is 17.1 Å². The van der Waals surface area contributed by atoms with Crippen molar-refractivity contribution in [2.75, 3.05) is 50.6 Å². The molecule has 0 amide bonds. The van der Waals surface area contributed by atoms with Gasteiger partial charge in [-0.3, -0.25) is 0 Å². The smallest absolute Gasteiger partial charge is 0.0568 e. The fourth-order valence-electron chi connectivity index (χ4n) is 1.55. The Kier molecular flexibility index (Phi) is 4.43. The lowest BCUT2D eigenvalue weighted by Crippen LogP contribution is -2.23. The molecule has 0 saturated heterocycles. The van der Waals surface area contributed by atoms with Crippen LogP contribution < -0.4 is 16.4 Å². The molecule has 0 spiro atoms. The van der Waals surface area contributed by atoms with Crippen molar-refractivity contribution in [3.63, 3.8) is 0 Å². The first-order chi connectivity index (χ1) is 7.50. The van der Waals surface area contributed by atoms with E-state index in [4.69, 9.17) is 11.5 Å². The van der Waals surface area contributed by atoms with Crippen molar-refractivity contribution in [1.82, 2.24) is 4.90 Å². The fraction of sp³-hybridized carbons (Fsp3) is 0.500. The molecule has 90 valence electrons. The minimum absolute atomic E-state index is 0.644. The molecule has 0 unspecified atom stereocenters. The molecule has 0 radical (unpaired) electrons. The van der Waals surface area contributed by atoms with Crippen molar-refractivity contribution >= 4 is 17.1 Å². The lowest BCUT2D eigenvalue weighted by atomic mass is 10.2. The lowest BCUT2D eigenvalue weighted by molar-refractivity contribution is 0.401. The van der Waals surface area contributed by atoms with Crippen LogP contribution in [0.5, 0.6) is 0 Å². The van der Waals surface area contributed by atoms with Crippen molar-refractivity contribution in [3.8, 4) is 0 Å². The normalized spacial score (nSPS) is 10.8. The third-order valence-electron chi connectivity index (χ3n) is 2.61. The maximum Gasteiger partial charge on any atom is 0.0568 e. The number of benzene rings is 1. The van der Waals surface area contributed by atoms with E-state index in [1.807, 2.05) is 18.2 Å². The molecule has 1 rings (SSSR count). The van der Waals surface area contributed by atoms with Gasteiger partial charge >= 0.3 is 0 Å². The Morgan fingerprint density at radius 1 is 1.00 bits per heavy atom. The Bertz CT molecular complexity index is 336. The highest BCUT2D eigenvalue weighted by atomic mass is 15.1. The zero-order valence-corrected chi connectivity index (χ0v) is 10.4. The van der Waals surface area contributed by atoms with Crippen LogP contribution in [-0.2, 0) is 0 Å². The minimum atomic E-state index is 0.644. The van der Waals surface area contributed by atoms with Crippen molar-refractivity contribution in [3.05, 3.63) is 18.2 Å². The predicted molar refractivity (Wildman–Crippen MR) is 71.7 cm³/mol. The van der Waals surface area contributed by atoms with Crippen LogP contribution in [0.15, 0.2) is 18.2 Å². The first kappa shape index (κ1) is 12.6. The van der Waals surface area contributed by atoms with Gasteiger partial charge in [-0.2, -0.15) is 0 Å². The molecule has 4 nitrogen and oxygen atoms in total. The molecule has 0 aromatic heterocycles. The molecule has 4 heteroatoms. The highest BCUT2D eigenvalue weighted by Gasteiger charge is 2.03. The van der Waals surface area contributed by atoms with E-state index in [0.29, 0.717) is 11.4 Å². The topological polar surface area (TPSA) is 58.5 Å². The number of rotatable bonds is 5. The third-order valence-corrected chi connectivity index (χ3v) is 2.61. The summed E-state index contributed by atoms with van der Waals surface area (Å²) in [5.74, 6) is 0. The molecule has 1 aromatic carbocycles. The van der Waals surface area contributed by atoms with Gasteiger partial charge in [0.25, 0.3) is 0 Å². The second-order valence-corrected chi connectivity index (χ2v) is 4.39. The highest BCUT2D eigenvalue weighted by Crippen LogP contribution is 2.22. The number of hydrogen-bond donors (Lipinski definition) is 2. The van der Waals surface area contributed by atoms with Crippen LogP contribution in [0, 0.1) is 0 Å². The molecule has 0 heterocycles. The quantitative estimate of drug-likeness (QED) is 0.736. The van der Waals surface area contributed by atoms with Crippen LogP contribution in [0.25, 0.3) is 0 Å². The number of nitrogens with zero attached hydrogens (tertiary/aromatic N) is 2. The van der Waals surface area contributed by atoms with Crippen molar-refractivity contribution < 1.29 is 0 Å². The van der Waals surface area contributed by atoms with Gasteiger partial charge in [0.1, 0.15) is 0 Å². The molecule has 0 atom stereocenters. The SMILES string of the molecule is CN(C)CCCN(C)c1ccc(N)c(N)c1. The molecule has 0 saturated carbocycles. The van der Waals surface area contributed by atoms with E-state index >= 15 is 0 Å². The van der Waals surface area contributed by atoms with Crippen LogP contribution in [0.3, 0.4) is 0 Å². The van der Waals surface area contributed by atoms with Gasteiger partial charge in [0.2, 0.25) is 0 Å². The summed E-state index contributed by atoms with van der Waals surface area (Å²) in [6.45, 7) is 2.11. The van der Waals surface area contributed by atoms with Crippen molar-refractivity contribution in [1.29, 1.82) is 0 Å². The maximum absolute atomic E-state index is 5.78. The molecule has 4 N–H and O–H groups in total. The van der Waals surface area contributed by atoms with Crippen molar-refractivity contribution in [2.45, 2.75) is 6.42 Å². The van der Waals surface area contributed by atoms with Gasteiger partial charge in [-0.15, -0.1) is 0 Å². The summed E-state index contributed by atoms with van der Waals surface area (Å²) < 4.78 is 0. The summed E-state index contributed by atoms with van der Waals surface area (Å²) in [5.41, 5.74) is 13.9. The van der Waals surface area contributed by atoms with Gasteiger partial charge < -0.3 is 21.3 Å². The summed E-state index contributed by atoms with van der Waals surface area (Å²) in [5, 5.41) is 0. The maximum atomic E-state index is 5.78. The van der Waals surface area contributed by atoms with E-state index < -0.39 is 0 Å². The standard InChI is InChI=1S/C12H22N4/c1-15(2)7-4-8-16(3)10-5-6-11(13)12(14)9-10/h5-6,9H,4,7-8,13-14H2,1-3H3. The molecule has 0 aliphatic heterocycles. The molecule has 1 aromatic rings.